The van der Waals surface area contributed by atoms with Crippen LogP contribution in [0.5, 0.6) is 0 Å². The van der Waals surface area contributed by atoms with E-state index < -0.39 is 0 Å². The monoisotopic (exact) mass is 388 g/mol. The highest BCUT2D eigenvalue weighted by atomic mass is 16.1. The van der Waals surface area contributed by atoms with Gasteiger partial charge in [0.15, 0.2) is 5.65 Å². The van der Waals surface area contributed by atoms with Crippen LogP contribution >= 0.6 is 0 Å². The van der Waals surface area contributed by atoms with Gasteiger partial charge in [0, 0.05) is 12.7 Å². The van der Waals surface area contributed by atoms with Crippen molar-refractivity contribution in [2.75, 3.05) is 5.32 Å². The van der Waals surface area contributed by atoms with E-state index in [0.29, 0.717) is 17.8 Å². The first-order valence-electron chi connectivity index (χ1n) is 9.55. The Kier molecular flexibility index (Phi) is 4.66. The summed E-state index contributed by atoms with van der Waals surface area (Å²) >= 11 is 0. The number of carbonyl (C=O) groups excluding carboxylic acids is 1. The number of aryl methyl sites for hydroxylation is 4. The summed E-state index contributed by atoms with van der Waals surface area (Å²) in [4.78, 5) is 17.7. The largest absolute Gasteiger partial charge is 0.319 e. The Bertz CT molecular complexity index is 1220. The first kappa shape index (κ1) is 18.9. The molecule has 4 aromatic rings. The summed E-state index contributed by atoms with van der Waals surface area (Å²) in [6.45, 7) is 8.31. The summed E-state index contributed by atoms with van der Waals surface area (Å²) in [5, 5.41) is 12.9. The van der Waals surface area contributed by atoms with E-state index in [2.05, 4.69) is 32.6 Å². The van der Waals surface area contributed by atoms with Crippen molar-refractivity contribution >= 4 is 22.6 Å². The van der Waals surface area contributed by atoms with Crippen LogP contribution in [0.3, 0.4) is 0 Å². The normalized spacial score (nSPS) is 11.2. The average molecular weight is 388 g/mol. The molecule has 0 atom stereocenters. The van der Waals surface area contributed by atoms with Crippen LogP contribution in [0.4, 0.5) is 5.69 Å². The van der Waals surface area contributed by atoms with Gasteiger partial charge in [-0.25, -0.2) is 4.98 Å². The highest BCUT2D eigenvalue weighted by molar-refractivity contribution is 6.13. The Morgan fingerprint density at radius 3 is 2.48 bits per heavy atom. The van der Waals surface area contributed by atoms with E-state index in [-0.39, 0.29) is 5.91 Å². The number of anilines is 1. The van der Waals surface area contributed by atoms with Crippen LogP contribution in [0.2, 0.25) is 0 Å². The molecule has 4 rings (SSSR count). The highest BCUT2D eigenvalue weighted by Crippen LogP contribution is 2.25. The van der Waals surface area contributed by atoms with E-state index in [1.807, 2.05) is 63.7 Å². The quantitative estimate of drug-likeness (QED) is 0.578. The van der Waals surface area contributed by atoms with Gasteiger partial charge in [-0.05, 0) is 39.3 Å². The maximum absolute atomic E-state index is 13.2. The molecule has 0 unspecified atom stereocenters. The number of fused-ring (bicyclic) bond motifs is 1. The number of amides is 1. The van der Waals surface area contributed by atoms with Crippen LogP contribution < -0.4 is 5.32 Å². The molecule has 0 aliphatic heterocycles. The zero-order valence-corrected chi connectivity index (χ0v) is 17.3. The summed E-state index contributed by atoms with van der Waals surface area (Å²) < 4.78 is 3.63. The van der Waals surface area contributed by atoms with E-state index in [0.717, 1.165) is 39.4 Å². The Hall–Kier alpha value is -3.48. The van der Waals surface area contributed by atoms with Gasteiger partial charge in [0.2, 0.25) is 0 Å². The third-order valence-electron chi connectivity index (χ3n) is 5.14. The smallest absolute Gasteiger partial charge is 0.256 e. The van der Waals surface area contributed by atoms with Gasteiger partial charge in [0.05, 0.1) is 40.3 Å². The molecule has 1 N–H and O–H groups in total. The first-order chi connectivity index (χ1) is 13.8. The molecule has 0 spiro atoms. The van der Waals surface area contributed by atoms with Crippen molar-refractivity contribution in [1.29, 1.82) is 0 Å². The molecular formula is C22H24N6O. The molecule has 0 saturated carbocycles. The van der Waals surface area contributed by atoms with Gasteiger partial charge in [0.25, 0.3) is 5.91 Å². The van der Waals surface area contributed by atoms with Crippen LogP contribution in [0.25, 0.3) is 11.0 Å². The summed E-state index contributed by atoms with van der Waals surface area (Å²) in [5.41, 5.74) is 6.46. The number of nitrogens with zero attached hydrogens (tertiary/aromatic N) is 5. The minimum Gasteiger partial charge on any atom is -0.319 e. The van der Waals surface area contributed by atoms with Gasteiger partial charge < -0.3 is 5.32 Å². The van der Waals surface area contributed by atoms with Crippen molar-refractivity contribution in [3.05, 3.63) is 70.3 Å². The fraction of sp³-hybridized carbons (Fsp3) is 0.273. The van der Waals surface area contributed by atoms with E-state index in [9.17, 15) is 4.79 Å². The lowest BCUT2D eigenvalue weighted by Crippen LogP contribution is -2.15. The number of rotatable bonds is 4. The molecule has 1 aromatic carbocycles. The number of carbonyl (C=O) groups is 1. The molecule has 0 radical (unpaired) electrons. The maximum atomic E-state index is 13.2. The predicted molar refractivity (Wildman–Crippen MR) is 113 cm³/mol. The lowest BCUT2D eigenvalue weighted by molar-refractivity contribution is 0.102. The lowest BCUT2D eigenvalue weighted by Gasteiger charge is -2.09. The molecule has 148 valence electrons. The van der Waals surface area contributed by atoms with Gasteiger partial charge in [-0.2, -0.15) is 10.2 Å². The fourth-order valence-electron chi connectivity index (χ4n) is 3.72. The number of aromatic nitrogens is 5. The van der Waals surface area contributed by atoms with Crippen LogP contribution in [-0.2, 0) is 13.6 Å². The number of nitrogens with one attached hydrogen (secondary N) is 1. The van der Waals surface area contributed by atoms with Crippen molar-refractivity contribution in [1.82, 2.24) is 24.5 Å². The maximum Gasteiger partial charge on any atom is 0.256 e. The van der Waals surface area contributed by atoms with Crippen LogP contribution in [-0.4, -0.2) is 30.5 Å². The van der Waals surface area contributed by atoms with E-state index >= 15 is 0 Å². The Morgan fingerprint density at radius 2 is 1.76 bits per heavy atom. The molecule has 7 heteroatoms. The molecule has 29 heavy (non-hydrogen) atoms. The Balaban J connectivity index is 1.69. The second-order valence-electron chi connectivity index (χ2n) is 7.36. The van der Waals surface area contributed by atoms with Crippen LogP contribution in [0, 0.1) is 27.7 Å². The van der Waals surface area contributed by atoms with Crippen molar-refractivity contribution in [2.24, 2.45) is 7.05 Å². The molecule has 0 aliphatic carbocycles. The van der Waals surface area contributed by atoms with Crippen LogP contribution in [0.1, 0.15) is 38.7 Å². The summed E-state index contributed by atoms with van der Waals surface area (Å²) in [7, 11) is 1.84. The minimum atomic E-state index is -0.179. The molecule has 0 fully saturated rings. The zero-order valence-electron chi connectivity index (χ0n) is 17.3. The van der Waals surface area contributed by atoms with Crippen molar-refractivity contribution in [3.63, 3.8) is 0 Å². The van der Waals surface area contributed by atoms with Gasteiger partial charge in [0.1, 0.15) is 0 Å². The molecule has 3 heterocycles. The van der Waals surface area contributed by atoms with Crippen molar-refractivity contribution in [3.8, 4) is 0 Å². The second-order valence-corrected chi connectivity index (χ2v) is 7.36. The molecule has 3 aromatic heterocycles. The van der Waals surface area contributed by atoms with Gasteiger partial charge in [-0.15, -0.1) is 0 Å². The molecular weight excluding hydrogens is 364 g/mol. The molecule has 0 bridgehead atoms. The molecule has 1 amide bonds. The standard InChI is InChI=1S/C22H24N6O/c1-13-11-18(19-14(2)25-27(5)21(19)23-13)22(29)24-20-15(3)26-28(16(20)4)12-17-9-7-6-8-10-17/h6-11H,12H2,1-5H3,(H,24,29). The van der Waals surface area contributed by atoms with Gasteiger partial charge >= 0.3 is 0 Å². The van der Waals surface area contributed by atoms with E-state index in [1.165, 1.54) is 0 Å². The topological polar surface area (TPSA) is 77.6 Å². The second kappa shape index (κ2) is 7.16. The van der Waals surface area contributed by atoms with E-state index in [4.69, 9.17) is 0 Å². The number of benzene rings is 1. The minimum absolute atomic E-state index is 0.179. The Labute approximate surface area is 169 Å². The van der Waals surface area contributed by atoms with Crippen molar-refractivity contribution < 1.29 is 4.79 Å². The van der Waals surface area contributed by atoms with Crippen molar-refractivity contribution in [2.45, 2.75) is 34.2 Å². The number of hydrogen-bond acceptors (Lipinski definition) is 4. The molecule has 7 nitrogen and oxygen atoms in total. The van der Waals surface area contributed by atoms with E-state index in [1.54, 1.807) is 4.68 Å². The fourth-order valence-corrected chi connectivity index (χ4v) is 3.72. The first-order valence-corrected chi connectivity index (χ1v) is 9.55. The summed E-state index contributed by atoms with van der Waals surface area (Å²) in [6.07, 6.45) is 0. The third-order valence-corrected chi connectivity index (χ3v) is 5.14. The van der Waals surface area contributed by atoms with Gasteiger partial charge in [-0.1, -0.05) is 30.3 Å². The molecule has 0 aliphatic rings. The summed E-state index contributed by atoms with van der Waals surface area (Å²) in [6, 6.07) is 12.0. The third kappa shape index (κ3) is 3.40. The van der Waals surface area contributed by atoms with Crippen LogP contribution in [0.15, 0.2) is 36.4 Å². The summed E-state index contributed by atoms with van der Waals surface area (Å²) in [5.74, 6) is -0.179. The Morgan fingerprint density at radius 1 is 1.03 bits per heavy atom. The lowest BCUT2D eigenvalue weighted by atomic mass is 10.1. The number of hydrogen-bond donors (Lipinski definition) is 1. The molecule has 0 saturated heterocycles. The predicted octanol–water partition coefficient (Wildman–Crippen LogP) is 3.70. The highest BCUT2D eigenvalue weighted by Gasteiger charge is 2.20. The zero-order chi connectivity index (χ0) is 20.7. The number of pyridine rings is 1. The van der Waals surface area contributed by atoms with Gasteiger partial charge in [-0.3, -0.25) is 14.2 Å². The average Bonchev–Trinajstić information content (AvgIpc) is 3.11. The SMILES string of the molecule is Cc1cc(C(=O)Nc2c(C)nn(Cc3ccccc3)c2C)c2c(C)nn(C)c2n1.